The molecule has 3 nitrogen and oxygen atoms in total. The number of rotatable bonds is 4. The van der Waals surface area contributed by atoms with Gasteiger partial charge >= 0.3 is 6.36 Å². The van der Waals surface area contributed by atoms with Gasteiger partial charge in [-0.3, -0.25) is 0 Å². The van der Waals surface area contributed by atoms with Crippen molar-refractivity contribution in [3.63, 3.8) is 0 Å². The Bertz CT molecular complexity index is 509. The van der Waals surface area contributed by atoms with Crippen molar-refractivity contribution in [3.8, 4) is 5.75 Å². The summed E-state index contributed by atoms with van der Waals surface area (Å²) in [5, 5.41) is 3.41. The van der Waals surface area contributed by atoms with Crippen LogP contribution in [0.4, 0.5) is 13.2 Å². The van der Waals surface area contributed by atoms with Gasteiger partial charge in [0.05, 0.1) is 10.6 Å². The first-order valence-electron chi connectivity index (χ1n) is 6.60. The number of hydrogen-bond acceptors (Lipinski definition) is 3. The molecule has 1 fully saturated rings. The normalized spacial score (nSPS) is 26.1. The molecule has 21 heavy (non-hydrogen) atoms. The lowest BCUT2D eigenvalue weighted by atomic mass is 9.94. The van der Waals surface area contributed by atoms with E-state index in [1.807, 2.05) is 6.92 Å². The van der Waals surface area contributed by atoms with Crippen molar-refractivity contribution >= 4 is 15.9 Å². The van der Waals surface area contributed by atoms with E-state index >= 15 is 0 Å². The van der Waals surface area contributed by atoms with Crippen LogP contribution in [0.1, 0.15) is 25.8 Å². The lowest BCUT2D eigenvalue weighted by Crippen LogP contribution is -2.47. The summed E-state index contributed by atoms with van der Waals surface area (Å²) in [5.41, 5.74) is 0.755. The highest BCUT2D eigenvalue weighted by molar-refractivity contribution is 9.10. The van der Waals surface area contributed by atoms with Gasteiger partial charge in [0.15, 0.2) is 0 Å². The molecule has 1 saturated heterocycles. The molecular weight excluding hydrogens is 351 g/mol. The summed E-state index contributed by atoms with van der Waals surface area (Å²) in [6.45, 7) is 5.36. The molecule has 0 spiro atoms. The Balaban J connectivity index is 2.00. The van der Waals surface area contributed by atoms with Crippen LogP contribution in [0, 0.1) is 0 Å². The molecule has 2 unspecified atom stereocenters. The van der Waals surface area contributed by atoms with E-state index in [4.69, 9.17) is 4.74 Å². The van der Waals surface area contributed by atoms with E-state index in [2.05, 4.69) is 32.9 Å². The first-order chi connectivity index (χ1) is 9.70. The average Bonchev–Trinajstić information content (AvgIpc) is 2.69. The van der Waals surface area contributed by atoms with E-state index in [-0.39, 0.29) is 21.9 Å². The highest BCUT2D eigenvalue weighted by Crippen LogP contribution is 2.31. The van der Waals surface area contributed by atoms with E-state index in [9.17, 15) is 13.2 Å². The van der Waals surface area contributed by atoms with E-state index in [1.165, 1.54) is 6.07 Å². The molecule has 0 amide bonds. The van der Waals surface area contributed by atoms with E-state index in [0.717, 1.165) is 12.0 Å². The summed E-state index contributed by atoms with van der Waals surface area (Å²) < 4.78 is 46.3. The summed E-state index contributed by atoms with van der Waals surface area (Å²) in [7, 11) is 0. The summed E-state index contributed by atoms with van der Waals surface area (Å²) in [6.07, 6.45) is -3.68. The minimum absolute atomic E-state index is 0.105. The summed E-state index contributed by atoms with van der Waals surface area (Å²) >= 11 is 3.10. The van der Waals surface area contributed by atoms with Gasteiger partial charge in [0.1, 0.15) is 5.75 Å². The number of nitrogens with one attached hydrogen (secondary N) is 1. The van der Waals surface area contributed by atoms with Crippen LogP contribution in [0.2, 0.25) is 0 Å². The van der Waals surface area contributed by atoms with Crippen LogP contribution in [0.25, 0.3) is 0 Å². The lowest BCUT2D eigenvalue weighted by molar-refractivity contribution is -0.274. The van der Waals surface area contributed by atoms with Gasteiger partial charge in [-0.25, -0.2) is 0 Å². The molecule has 1 N–H and O–H groups in total. The Morgan fingerprint density at radius 1 is 1.48 bits per heavy atom. The second kappa shape index (κ2) is 6.14. The Kier molecular flexibility index (Phi) is 4.85. The minimum Gasteiger partial charge on any atom is -0.405 e. The summed E-state index contributed by atoms with van der Waals surface area (Å²) in [5.74, 6) is -0.241. The maximum Gasteiger partial charge on any atom is 0.573 e. The van der Waals surface area contributed by atoms with Gasteiger partial charge in [0.2, 0.25) is 0 Å². The van der Waals surface area contributed by atoms with Crippen LogP contribution >= 0.6 is 15.9 Å². The fourth-order valence-electron chi connectivity index (χ4n) is 2.23. The van der Waals surface area contributed by atoms with Crippen LogP contribution in [0.5, 0.6) is 5.75 Å². The largest absolute Gasteiger partial charge is 0.573 e. The predicted octanol–water partition coefficient (Wildman–Crippen LogP) is 4.00. The molecule has 1 aliphatic rings. The third-order valence-corrected chi connectivity index (χ3v) is 4.42. The number of ether oxygens (including phenoxy) is 2. The molecule has 0 radical (unpaired) electrons. The third-order valence-electron chi connectivity index (χ3n) is 3.80. The van der Waals surface area contributed by atoms with Crippen LogP contribution in [-0.2, 0) is 11.3 Å². The van der Waals surface area contributed by atoms with Crippen molar-refractivity contribution in [2.24, 2.45) is 0 Å². The van der Waals surface area contributed by atoms with E-state index in [0.29, 0.717) is 13.2 Å². The zero-order chi connectivity index (χ0) is 15.7. The van der Waals surface area contributed by atoms with Crippen molar-refractivity contribution < 1.29 is 22.6 Å². The Labute approximate surface area is 129 Å². The second-order valence-electron chi connectivity index (χ2n) is 5.35. The van der Waals surface area contributed by atoms with Gasteiger partial charge < -0.3 is 14.8 Å². The monoisotopic (exact) mass is 367 g/mol. The van der Waals surface area contributed by atoms with Crippen LogP contribution in [0.15, 0.2) is 22.7 Å². The first kappa shape index (κ1) is 16.6. The molecule has 1 aromatic rings. The second-order valence-corrected chi connectivity index (χ2v) is 6.20. The highest BCUT2D eigenvalue weighted by Gasteiger charge is 2.36. The molecule has 1 heterocycles. The predicted molar refractivity (Wildman–Crippen MR) is 76.1 cm³/mol. The summed E-state index contributed by atoms with van der Waals surface area (Å²) in [6, 6.07) is 4.55. The molecular formula is C14H17BrF3NO2. The molecule has 0 saturated carbocycles. The summed E-state index contributed by atoms with van der Waals surface area (Å²) in [4.78, 5) is 0. The first-order valence-corrected chi connectivity index (χ1v) is 7.40. The molecule has 2 atom stereocenters. The van der Waals surface area contributed by atoms with Crippen LogP contribution in [0.3, 0.4) is 0 Å². The standard InChI is InChI=1S/C14H17BrF3NO2/c1-9-13(2,5-6-20-9)19-8-10-3-4-12(11(15)7-10)21-14(16,17)18/h3-4,7,9,19H,5-6,8H2,1-2H3. The Morgan fingerprint density at radius 2 is 2.19 bits per heavy atom. The van der Waals surface area contributed by atoms with Gasteiger partial charge in [0.25, 0.3) is 0 Å². The third kappa shape index (κ3) is 4.34. The van der Waals surface area contributed by atoms with Crippen LogP contribution in [-0.4, -0.2) is 24.6 Å². The molecule has 7 heteroatoms. The number of benzene rings is 1. The van der Waals surface area contributed by atoms with E-state index in [1.54, 1.807) is 12.1 Å². The van der Waals surface area contributed by atoms with Crippen molar-refractivity contribution in [2.45, 2.75) is 44.8 Å². The molecule has 1 aliphatic heterocycles. The zero-order valence-electron chi connectivity index (χ0n) is 11.8. The smallest absolute Gasteiger partial charge is 0.405 e. The van der Waals surface area contributed by atoms with Gasteiger partial charge in [0, 0.05) is 18.7 Å². The molecule has 0 bridgehead atoms. The van der Waals surface area contributed by atoms with E-state index < -0.39 is 6.36 Å². The topological polar surface area (TPSA) is 30.5 Å². The van der Waals surface area contributed by atoms with Crippen molar-refractivity contribution in [1.82, 2.24) is 5.32 Å². The zero-order valence-corrected chi connectivity index (χ0v) is 13.3. The number of halogens is 4. The minimum atomic E-state index is -4.69. The Morgan fingerprint density at radius 3 is 2.71 bits per heavy atom. The molecule has 1 aromatic carbocycles. The van der Waals surface area contributed by atoms with Crippen molar-refractivity contribution in [2.75, 3.05) is 6.61 Å². The van der Waals surface area contributed by atoms with Gasteiger partial charge in [-0.15, -0.1) is 13.2 Å². The Hall–Kier alpha value is -0.790. The maximum atomic E-state index is 12.2. The molecule has 0 aliphatic carbocycles. The number of alkyl halides is 3. The SMILES string of the molecule is CC1OCCC1(C)NCc1ccc(OC(F)(F)F)c(Br)c1. The fraction of sp³-hybridized carbons (Fsp3) is 0.571. The lowest BCUT2D eigenvalue weighted by Gasteiger charge is -2.29. The van der Waals surface area contributed by atoms with Crippen molar-refractivity contribution in [3.05, 3.63) is 28.2 Å². The molecule has 0 aromatic heterocycles. The molecule has 118 valence electrons. The number of hydrogen-bond donors (Lipinski definition) is 1. The quantitative estimate of drug-likeness (QED) is 0.872. The van der Waals surface area contributed by atoms with Gasteiger partial charge in [-0.05, 0) is 53.9 Å². The molecule has 2 rings (SSSR count). The van der Waals surface area contributed by atoms with Gasteiger partial charge in [-0.2, -0.15) is 0 Å². The average molecular weight is 368 g/mol. The maximum absolute atomic E-state index is 12.2. The fourth-order valence-corrected chi connectivity index (χ4v) is 2.74. The van der Waals surface area contributed by atoms with Gasteiger partial charge in [-0.1, -0.05) is 6.07 Å². The van der Waals surface area contributed by atoms with Crippen LogP contribution < -0.4 is 10.1 Å². The van der Waals surface area contributed by atoms with Crippen molar-refractivity contribution in [1.29, 1.82) is 0 Å². The highest BCUT2D eigenvalue weighted by atomic mass is 79.9.